The Labute approximate surface area is 333 Å². The molecule has 2 heteroatoms. The molecule has 1 aromatic heterocycles. The normalized spacial score (nSPS) is 12.9. The van der Waals surface area contributed by atoms with E-state index in [0.29, 0.717) is 0 Å². The third kappa shape index (κ3) is 5.33. The van der Waals surface area contributed by atoms with Crippen molar-refractivity contribution >= 4 is 49.6 Å². The molecule has 0 N–H and O–H groups in total. The zero-order valence-electron chi connectivity index (χ0n) is 32.0. The molecular formula is C55H40N2. The predicted octanol–water partition coefficient (Wildman–Crippen LogP) is 15.0. The Kier molecular flexibility index (Phi) is 7.55. The lowest BCUT2D eigenvalue weighted by Crippen LogP contribution is -2.16. The van der Waals surface area contributed by atoms with Gasteiger partial charge in [0.05, 0.1) is 11.0 Å². The first-order valence-corrected chi connectivity index (χ1v) is 19.8. The zero-order valence-corrected chi connectivity index (χ0v) is 32.0. The van der Waals surface area contributed by atoms with E-state index in [2.05, 4.69) is 230 Å². The lowest BCUT2D eigenvalue weighted by molar-refractivity contribution is 0.660. The van der Waals surface area contributed by atoms with E-state index in [-0.39, 0.29) is 5.41 Å². The van der Waals surface area contributed by atoms with E-state index in [4.69, 9.17) is 0 Å². The molecular weight excluding hydrogens is 689 g/mol. The Bertz CT molecular complexity index is 3110. The topological polar surface area (TPSA) is 8.17 Å². The van der Waals surface area contributed by atoms with Crippen molar-refractivity contribution < 1.29 is 0 Å². The van der Waals surface area contributed by atoms with Crippen LogP contribution in [0.1, 0.15) is 25.0 Å². The Morgan fingerprint density at radius 3 is 1.65 bits per heavy atom. The molecule has 0 radical (unpaired) electrons. The predicted molar refractivity (Wildman–Crippen MR) is 241 cm³/mol. The second-order valence-corrected chi connectivity index (χ2v) is 15.8. The van der Waals surface area contributed by atoms with Crippen molar-refractivity contribution in [1.29, 1.82) is 0 Å². The number of hydrogen-bond donors (Lipinski definition) is 0. The maximum atomic E-state index is 2.43. The summed E-state index contributed by atoms with van der Waals surface area (Å²) in [7, 11) is 0. The fraction of sp³-hybridized carbons (Fsp3) is 0.0545. The minimum Gasteiger partial charge on any atom is -0.310 e. The van der Waals surface area contributed by atoms with Crippen molar-refractivity contribution in [2.75, 3.05) is 4.90 Å². The summed E-state index contributed by atoms with van der Waals surface area (Å²) in [6.07, 6.45) is 0. The number of hydrogen-bond acceptors (Lipinski definition) is 1. The van der Waals surface area contributed by atoms with Gasteiger partial charge in [0.15, 0.2) is 0 Å². The molecule has 0 saturated carbocycles. The zero-order chi connectivity index (χ0) is 38.1. The molecule has 1 heterocycles. The highest BCUT2D eigenvalue weighted by Crippen LogP contribution is 2.50. The molecule has 0 fully saturated rings. The summed E-state index contributed by atoms with van der Waals surface area (Å²) in [4.78, 5) is 2.40. The first kappa shape index (κ1) is 33.2. The second kappa shape index (κ2) is 13.0. The molecule has 57 heavy (non-hydrogen) atoms. The van der Waals surface area contributed by atoms with Gasteiger partial charge in [0.1, 0.15) is 0 Å². The molecule has 270 valence electrons. The van der Waals surface area contributed by atoms with Crippen molar-refractivity contribution in [2.24, 2.45) is 0 Å². The van der Waals surface area contributed by atoms with E-state index < -0.39 is 0 Å². The van der Waals surface area contributed by atoms with Gasteiger partial charge in [-0.2, -0.15) is 0 Å². The summed E-state index contributed by atoms with van der Waals surface area (Å²) in [6, 6.07) is 75.5. The molecule has 0 saturated heterocycles. The molecule has 11 rings (SSSR count). The molecule has 0 unspecified atom stereocenters. The summed E-state index contributed by atoms with van der Waals surface area (Å²) in [5, 5.41) is 5.07. The SMILES string of the molecule is CC1(C)c2ccccc2-c2ccc(N(c3ccc(-c4ccccc4)cc3)c3ccc(-c4ccc(-n5c6ccccc6c6ccc7ccccc7c65)cc4)cc3)cc21. The van der Waals surface area contributed by atoms with Crippen molar-refractivity contribution in [2.45, 2.75) is 19.3 Å². The number of fused-ring (bicyclic) bond motifs is 8. The van der Waals surface area contributed by atoms with Gasteiger partial charge in [-0.1, -0.05) is 166 Å². The molecule has 0 aliphatic heterocycles. The van der Waals surface area contributed by atoms with E-state index in [9.17, 15) is 0 Å². The molecule has 9 aromatic carbocycles. The van der Waals surface area contributed by atoms with Gasteiger partial charge in [-0.3, -0.25) is 0 Å². The average Bonchev–Trinajstić information content (AvgIpc) is 3.73. The minimum atomic E-state index is -0.0902. The van der Waals surface area contributed by atoms with Gasteiger partial charge >= 0.3 is 0 Å². The maximum absolute atomic E-state index is 2.43. The van der Waals surface area contributed by atoms with Crippen LogP contribution in [0.5, 0.6) is 0 Å². The number of para-hydroxylation sites is 1. The molecule has 1 aliphatic carbocycles. The molecule has 1 aliphatic rings. The van der Waals surface area contributed by atoms with Crippen LogP contribution < -0.4 is 4.90 Å². The standard InChI is InChI=1S/C55H40N2/c1-55(2)51-18-10-8-16-47(51)48-35-33-45(36-52(48)55)56(42-27-20-38(21-28-42)37-12-4-3-5-13-37)43-29-22-39(23-30-43)40-24-31-44(32-25-40)57-53-19-11-9-17-49(53)50-34-26-41-14-6-7-15-46(41)54(50)57/h3-36H,1-2H3. The van der Waals surface area contributed by atoms with Gasteiger partial charge < -0.3 is 9.47 Å². The maximum Gasteiger partial charge on any atom is 0.0619 e. The first-order valence-electron chi connectivity index (χ1n) is 19.8. The van der Waals surface area contributed by atoms with Gasteiger partial charge in [0, 0.05) is 44.3 Å². The molecule has 10 aromatic rings. The highest BCUT2D eigenvalue weighted by molar-refractivity contribution is 6.18. The number of anilines is 3. The van der Waals surface area contributed by atoms with E-state index in [1.807, 2.05) is 0 Å². The lowest BCUT2D eigenvalue weighted by Gasteiger charge is -2.28. The van der Waals surface area contributed by atoms with Crippen molar-refractivity contribution in [3.63, 3.8) is 0 Å². The van der Waals surface area contributed by atoms with Gasteiger partial charge in [-0.15, -0.1) is 0 Å². The fourth-order valence-electron chi connectivity index (χ4n) is 9.32. The Balaban J connectivity index is 0.979. The van der Waals surface area contributed by atoms with Crippen molar-refractivity contribution in [3.8, 4) is 39.1 Å². The van der Waals surface area contributed by atoms with Crippen LogP contribution >= 0.6 is 0 Å². The largest absolute Gasteiger partial charge is 0.310 e. The van der Waals surface area contributed by atoms with E-state index in [0.717, 1.165) is 22.7 Å². The summed E-state index contributed by atoms with van der Waals surface area (Å²) < 4.78 is 2.43. The quantitative estimate of drug-likeness (QED) is 0.165. The summed E-state index contributed by atoms with van der Waals surface area (Å²) in [5.41, 5.74) is 17.1. The molecule has 0 bridgehead atoms. The van der Waals surface area contributed by atoms with Crippen LogP contribution in [-0.2, 0) is 5.41 Å². The first-order chi connectivity index (χ1) is 28.0. The van der Waals surface area contributed by atoms with Crippen LogP contribution in [0.2, 0.25) is 0 Å². The van der Waals surface area contributed by atoms with E-state index in [1.165, 1.54) is 77.1 Å². The van der Waals surface area contributed by atoms with Crippen LogP contribution in [0.4, 0.5) is 17.1 Å². The minimum absolute atomic E-state index is 0.0902. The number of rotatable bonds is 6. The Hall–Kier alpha value is -7.16. The van der Waals surface area contributed by atoms with Crippen molar-refractivity contribution in [1.82, 2.24) is 4.57 Å². The van der Waals surface area contributed by atoms with E-state index >= 15 is 0 Å². The summed E-state index contributed by atoms with van der Waals surface area (Å²) in [5.74, 6) is 0. The van der Waals surface area contributed by atoms with Gasteiger partial charge in [-0.05, 0) is 104 Å². The number of benzene rings is 9. The number of nitrogens with zero attached hydrogens (tertiary/aromatic N) is 2. The fourth-order valence-corrected chi connectivity index (χ4v) is 9.32. The van der Waals surface area contributed by atoms with Crippen LogP contribution in [-0.4, -0.2) is 4.57 Å². The van der Waals surface area contributed by atoms with Gasteiger partial charge in [0.2, 0.25) is 0 Å². The van der Waals surface area contributed by atoms with Crippen LogP contribution in [0.3, 0.4) is 0 Å². The Morgan fingerprint density at radius 2 is 0.930 bits per heavy atom. The van der Waals surface area contributed by atoms with Crippen LogP contribution in [0.25, 0.3) is 71.6 Å². The number of aromatic nitrogens is 1. The summed E-state index contributed by atoms with van der Waals surface area (Å²) in [6.45, 7) is 4.70. The highest BCUT2D eigenvalue weighted by Gasteiger charge is 2.35. The van der Waals surface area contributed by atoms with Gasteiger partial charge in [0.25, 0.3) is 0 Å². The van der Waals surface area contributed by atoms with Crippen LogP contribution in [0.15, 0.2) is 206 Å². The molecule has 0 atom stereocenters. The van der Waals surface area contributed by atoms with Crippen LogP contribution in [0, 0.1) is 0 Å². The summed E-state index contributed by atoms with van der Waals surface area (Å²) >= 11 is 0. The average molecular weight is 729 g/mol. The monoisotopic (exact) mass is 728 g/mol. The Morgan fingerprint density at radius 1 is 0.386 bits per heavy atom. The lowest BCUT2D eigenvalue weighted by atomic mass is 9.82. The van der Waals surface area contributed by atoms with E-state index in [1.54, 1.807) is 0 Å². The third-order valence-electron chi connectivity index (χ3n) is 12.2. The van der Waals surface area contributed by atoms with Crippen molar-refractivity contribution in [3.05, 3.63) is 217 Å². The molecule has 2 nitrogen and oxygen atoms in total. The highest BCUT2D eigenvalue weighted by atomic mass is 15.1. The van der Waals surface area contributed by atoms with Gasteiger partial charge in [-0.25, -0.2) is 0 Å². The smallest absolute Gasteiger partial charge is 0.0619 e. The molecule has 0 spiro atoms. The second-order valence-electron chi connectivity index (χ2n) is 15.8. The third-order valence-corrected chi connectivity index (χ3v) is 12.2. The molecule has 0 amide bonds.